The van der Waals surface area contributed by atoms with E-state index in [1.54, 1.807) is 12.1 Å². The third kappa shape index (κ3) is 10.5. The molecule has 2 atom stereocenters. The number of hydrogen-bond donors (Lipinski definition) is 0. The van der Waals surface area contributed by atoms with Gasteiger partial charge in [0, 0.05) is 46.3 Å². The maximum atomic E-state index is 15.7. The Morgan fingerprint density at radius 1 is 0.327 bits per heavy atom. The fourth-order valence-electron chi connectivity index (χ4n) is 15.4. The van der Waals surface area contributed by atoms with E-state index in [4.69, 9.17) is 18.9 Å². The van der Waals surface area contributed by atoms with Gasteiger partial charge in [0.2, 0.25) is 0 Å². The van der Waals surface area contributed by atoms with E-state index in [0.29, 0.717) is 51.0 Å². The number of rotatable bonds is 19. The Morgan fingerprint density at radius 3 is 0.980 bits per heavy atom. The number of ether oxygens (including phenoxy) is 4. The first-order valence-electron chi connectivity index (χ1n) is 33.8. The number of aryl methyl sites for hydroxylation is 2. The Hall–Kier alpha value is -10.5. The summed E-state index contributed by atoms with van der Waals surface area (Å²) in [6.07, 6.45) is 1.94. The van der Waals surface area contributed by atoms with Crippen molar-refractivity contribution in [2.75, 3.05) is 49.4 Å². The zero-order valence-corrected chi connectivity index (χ0v) is 55.1. The van der Waals surface area contributed by atoms with Gasteiger partial charge in [-0.15, -0.1) is 0 Å². The molecule has 12 aromatic rings. The molecule has 2 unspecified atom stereocenters. The molecule has 0 bridgehead atoms. The Balaban J connectivity index is 0.769. The summed E-state index contributed by atoms with van der Waals surface area (Å²) in [5.41, 5.74) is 19.3. The first kappa shape index (κ1) is 62.3. The molecule has 2 heterocycles. The number of benzene rings is 12. The zero-order valence-electron chi connectivity index (χ0n) is 55.1. The summed E-state index contributed by atoms with van der Waals surface area (Å²) in [7, 11) is 0. The predicted molar refractivity (Wildman–Crippen MR) is 383 cm³/mol. The van der Waals surface area contributed by atoms with Crippen molar-refractivity contribution in [2.24, 2.45) is 10.8 Å². The van der Waals surface area contributed by atoms with Crippen molar-refractivity contribution in [3.8, 4) is 44.9 Å². The molecule has 2 fully saturated rings. The highest BCUT2D eigenvalue weighted by Gasteiger charge is 2.49. The molecule has 0 N–H and O–H groups in total. The number of hydrogen-bond acceptors (Lipinski definition) is 6. The molecule has 6 nitrogen and oxygen atoms in total. The van der Waals surface area contributed by atoms with Crippen LogP contribution in [0.25, 0.3) is 33.4 Å². The fraction of sp³-hybridized carbons (Fsp3) is 0.182. The van der Waals surface area contributed by atoms with Crippen LogP contribution in [0, 0.1) is 47.9 Å². The van der Waals surface area contributed by atoms with E-state index in [2.05, 4.69) is 210 Å². The summed E-state index contributed by atoms with van der Waals surface area (Å²) in [5.74, 6) is -2.24. The molecule has 0 saturated carbocycles. The predicted octanol–water partition coefficient (Wildman–Crippen LogP) is 21.8. The van der Waals surface area contributed by atoms with Gasteiger partial charge in [-0.3, -0.25) is 0 Å². The maximum Gasteiger partial charge on any atom is 0.160 e. The fourth-order valence-corrected chi connectivity index (χ4v) is 15.4. The van der Waals surface area contributed by atoms with Gasteiger partial charge in [-0.2, -0.15) is 0 Å². The summed E-state index contributed by atoms with van der Waals surface area (Å²) < 4.78 is 85.6. The summed E-state index contributed by atoms with van der Waals surface area (Å²) in [4.78, 5) is 3.95. The van der Waals surface area contributed by atoms with Crippen LogP contribution in [0.3, 0.4) is 0 Å². The highest BCUT2D eigenvalue weighted by atomic mass is 19.2. The molecule has 10 heteroatoms. The molecule has 4 aliphatic rings. The number of halogens is 4. The number of fused-ring (bicyclic) bond motifs is 6. The van der Waals surface area contributed by atoms with E-state index >= 15 is 17.6 Å². The van der Waals surface area contributed by atoms with Crippen LogP contribution in [0.2, 0.25) is 0 Å². The first-order valence-corrected chi connectivity index (χ1v) is 33.8. The van der Waals surface area contributed by atoms with Gasteiger partial charge in [0.05, 0.1) is 61.3 Å². The third-order valence-electron chi connectivity index (χ3n) is 21.2. The lowest BCUT2D eigenvalue weighted by atomic mass is 9.67. The van der Waals surface area contributed by atoms with Crippen molar-refractivity contribution in [1.82, 2.24) is 0 Å². The van der Waals surface area contributed by atoms with Crippen molar-refractivity contribution in [3.05, 3.63) is 346 Å². The van der Waals surface area contributed by atoms with Gasteiger partial charge in [-0.1, -0.05) is 183 Å². The quantitative estimate of drug-likeness (QED) is 0.0752. The second-order valence-electron chi connectivity index (χ2n) is 27.1. The average molecular weight is 1300 g/mol. The summed E-state index contributed by atoms with van der Waals surface area (Å²) in [6, 6.07) is 88.6. The van der Waals surface area contributed by atoms with Crippen LogP contribution in [-0.2, 0) is 20.3 Å². The topological polar surface area (TPSA) is 43.4 Å². The van der Waals surface area contributed by atoms with Crippen LogP contribution >= 0.6 is 0 Å². The van der Waals surface area contributed by atoms with Gasteiger partial charge in [-0.25, -0.2) is 17.6 Å². The van der Waals surface area contributed by atoms with Crippen molar-refractivity contribution >= 4 is 34.1 Å². The standard InChI is InChI=1S/C88H72F4N2O4/c1-5-85(51-95-52-85)55-97-71-39-27-63(28-40-71)87(61-23-15-57(3)16-24-61)77-13-9-7-11-73(77)75-43-35-67(47-79(75)87)93(69-37-45-81(89)83(91)49-69)65-31-19-59(20-32-65)60-21-33-66(34-22-60)94(70-38-46-82(90)84(92)50-70)68-36-44-76-74-12-8-10-14-78(74)88(80(76)48-68,62-25-17-58(4)18-26-62)64-29-41-72(42-30-64)98-56-86(6-2)53-96-54-86/h7-50H,5-6,51-56H2,1-4H3. The van der Waals surface area contributed by atoms with Crippen molar-refractivity contribution in [1.29, 1.82) is 0 Å². The van der Waals surface area contributed by atoms with Crippen LogP contribution in [0.5, 0.6) is 11.5 Å². The normalized spacial score (nSPS) is 17.3. The van der Waals surface area contributed by atoms with E-state index in [1.165, 1.54) is 24.3 Å². The lowest BCUT2D eigenvalue weighted by Gasteiger charge is -2.40. The highest BCUT2D eigenvalue weighted by molar-refractivity contribution is 5.92. The van der Waals surface area contributed by atoms with Gasteiger partial charge in [0.1, 0.15) is 11.5 Å². The molecule has 16 rings (SSSR count). The molecular formula is C88H72F4N2O4. The summed E-state index contributed by atoms with van der Waals surface area (Å²) in [6.45, 7) is 12.5. The molecule has 2 aliphatic carbocycles. The van der Waals surface area contributed by atoms with Crippen LogP contribution in [-0.4, -0.2) is 39.6 Å². The molecule has 0 amide bonds. The molecule has 0 radical (unpaired) electrons. The molecule has 2 aliphatic heterocycles. The second kappa shape index (κ2) is 24.8. The largest absolute Gasteiger partial charge is 0.493 e. The Kier molecular flexibility index (Phi) is 15.8. The van der Waals surface area contributed by atoms with Gasteiger partial charge in [0.15, 0.2) is 23.3 Å². The van der Waals surface area contributed by atoms with Gasteiger partial charge in [-0.05, 0) is 202 Å². The molecule has 12 aromatic carbocycles. The molecule has 98 heavy (non-hydrogen) atoms. The molecule has 0 spiro atoms. The van der Waals surface area contributed by atoms with Gasteiger partial charge in [0.25, 0.3) is 0 Å². The van der Waals surface area contributed by atoms with E-state index in [0.717, 1.165) is 136 Å². The van der Waals surface area contributed by atoms with E-state index < -0.39 is 34.1 Å². The number of nitrogens with zero attached hydrogens (tertiary/aromatic N) is 2. The SMILES string of the molecule is CCC1(COc2ccc(C3(c4ccc(C)cc4)c4ccccc4-c4ccc(N(c5ccc(-c6ccc(N(c7ccc(F)c(F)c7)c7ccc8c(c7)C(c7ccc(C)cc7)(c7ccc(OCC9(CC)COC9)cc7)c7ccccc7-8)cc6)cc5)c5ccc(F)c(F)c5)cc43)cc2)COC1. The second-order valence-corrected chi connectivity index (χ2v) is 27.1. The first-order chi connectivity index (χ1) is 47.8. The lowest BCUT2D eigenvalue weighted by Crippen LogP contribution is -2.46. The minimum Gasteiger partial charge on any atom is -0.493 e. The average Bonchev–Trinajstić information content (AvgIpc) is 1.53. The van der Waals surface area contributed by atoms with Crippen LogP contribution in [0.4, 0.5) is 51.7 Å². The highest BCUT2D eigenvalue weighted by Crippen LogP contribution is 2.60. The third-order valence-corrected chi connectivity index (χ3v) is 21.2. The number of anilines is 6. The molecule has 2 saturated heterocycles. The molecule has 0 aromatic heterocycles. The zero-order chi connectivity index (χ0) is 66.9. The lowest BCUT2D eigenvalue weighted by molar-refractivity contribution is -0.133. The van der Waals surface area contributed by atoms with Crippen molar-refractivity contribution < 1.29 is 36.5 Å². The minimum absolute atomic E-state index is 0.0155. The van der Waals surface area contributed by atoms with E-state index in [9.17, 15) is 0 Å². The smallest absolute Gasteiger partial charge is 0.160 e. The monoisotopic (exact) mass is 1300 g/mol. The van der Waals surface area contributed by atoms with Crippen LogP contribution in [0.1, 0.15) is 82.3 Å². The van der Waals surface area contributed by atoms with E-state index in [1.807, 2.05) is 58.3 Å². The molecular weight excluding hydrogens is 1220 g/mol. The summed E-state index contributed by atoms with van der Waals surface area (Å²) >= 11 is 0. The van der Waals surface area contributed by atoms with Crippen molar-refractivity contribution in [3.63, 3.8) is 0 Å². The Labute approximate surface area is 570 Å². The van der Waals surface area contributed by atoms with Crippen LogP contribution in [0.15, 0.2) is 267 Å². The minimum atomic E-state index is -0.965. The summed E-state index contributed by atoms with van der Waals surface area (Å²) in [5, 5.41) is 0. The van der Waals surface area contributed by atoms with Gasteiger partial charge < -0.3 is 28.7 Å². The van der Waals surface area contributed by atoms with Crippen LogP contribution < -0.4 is 19.3 Å². The maximum absolute atomic E-state index is 15.7. The van der Waals surface area contributed by atoms with E-state index in [-0.39, 0.29) is 10.8 Å². The van der Waals surface area contributed by atoms with Gasteiger partial charge >= 0.3 is 0 Å². The van der Waals surface area contributed by atoms with Crippen molar-refractivity contribution in [2.45, 2.75) is 51.4 Å². The molecule has 486 valence electrons. The Morgan fingerprint density at radius 2 is 0.643 bits per heavy atom. The Bertz CT molecular complexity index is 4650.